The molecule has 0 radical (unpaired) electrons. The molecule has 0 spiro atoms. The molecule has 0 fully saturated rings. The molecule has 0 unspecified atom stereocenters. The molecule has 12 heavy (non-hydrogen) atoms. The second-order valence-electron chi connectivity index (χ2n) is 2.03. The fourth-order valence-electron chi connectivity index (χ4n) is 0.532. The van der Waals surface area contributed by atoms with E-state index in [-0.39, 0.29) is 6.42 Å². The van der Waals surface area contributed by atoms with Crippen LogP contribution in [0.3, 0.4) is 0 Å². The highest BCUT2D eigenvalue weighted by molar-refractivity contribution is 6.33. The Morgan fingerprint density at radius 1 is 1.42 bits per heavy atom. The molecule has 0 aliphatic rings. The molecule has 0 heterocycles. The first-order valence-corrected chi connectivity index (χ1v) is 3.42. The second kappa shape index (κ2) is 6.30. The van der Waals surface area contributed by atoms with Gasteiger partial charge >= 0.3 is 5.97 Å². The van der Waals surface area contributed by atoms with Crippen LogP contribution in [0.15, 0.2) is 24.8 Å². The molecule has 0 aliphatic carbocycles. The van der Waals surface area contributed by atoms with Crippen molar-refractivity contribution in [1.82, 2.24) is 0 Å². The Morgan fingerprint density at radius 3 is 2.58 bits per heavy atom. The molecule has 0 aliphatic heterocycles. The van der Waals surface area contributed by atoms with Crippen molar-refractivity contribution in [1.29, 1.82) is 0 Å². The quantitative estimate of drug-likeness (QED) is 0.369. The molecule has 0 saturated heterocycles. The highest BCUT2D eigenvalue weighted by Crippen LogP contribution is 1.90. The van der Waals surface area contributed by atoms with Gasteiger partial charge in [-0.05, 0) is 6.42 Å². The van der Waals surface area contributed by atoms with E-state index in [0.29, 0.717) is 6.42 Å². The summed E-state index contributed by atoms with van der Waals surface area (Å²) in [7, 11) is 0. The topological polar surface area (TPSA) is 69.4 Å². The van der Waals surface area contributed by atoms with Crippen LogP contribution in [0.5, 0.6) is 0 Å². The number of hydrogen-bond acceptors (Lipinski definition) is 4. The zero-order valence-electron chi connectivity index (χ0n) is 6.66. The smallest absolute Gasteiger partial charge is 0.367 e. The fourth-order valence-corrected chi connectivity index (χ4v) is 0.532. The lowest BCUT2D eigenvalue weighted by Gasteiger charge is -1.91. The second-order valence-corrected chi connectivity index (χ2v) is 2.03. The molecule has 4 nitrogen and oxygen atoms in total. The minimum Gasteiger partial charge on any atom is -0.367 e. The minimum atomic E-state index is -1.02. The zero-order valence-corrected chi connectivity index (χ0v) is 6.66. The van der Waals surface area contributed by atoms with Crippen LogP contribution >= 0.6 is 0 Å². The van der Waals surface area contributed by atoms with E-state index in [9.17, 15) is 9.59 Å². The van der Waals surface area contributed by atoms with Crippen LogP contribution in [0.25, 0.3) is 0 Å². The van der Waals surface area contributed by atoms with E-state index in [1.165, 1.54) is 0 Å². The van der Waals surface area contributed by atoms with Crippen molar-refractivity contribution in [3.05, 3.63) is 24.8 Å². The van der Waals surface area contributed by atoms with Gasteiger partial charge in [0.05, 0.1) is 0 Å². The van der Waals surface area contributed by atoms with Crippen molar-refractivity contribution >= 4 is 11.8 Å². The lowest BCUT2D eigenvalue weighted by atomic mass is 10.2. The van der Waals surface area contributed by atoms with Crippen LogP contribution in [0.2, 0.25) is 0 Å². The molecule has 0 aromatic heterocycles. The maximum absolute atomic E-state index is 10.7. The van der Waals surface area contributed by atoms with Gasteiger partial charge in [0.1, 0.15) is 0 Å². The van der Waals surface area contributed by atoms with Crippen molar-refractivity contribution in [2.24, 2.45) is 5.90 Å². The molecule has 0 amide bonds. The number of Topliss-reactive ketones (excluding diaryl/α,β-unsaturated/α-hetero) is 1. The molecular weight excluding hydrogens is 158 g/mol. The number of allylic oxidation sites excluding steroid dienone is 3. The fraction of sp³-hybridized carbons (Fsp3) is 0.250. The standard InChI is InChI=1S/C8H11NO3/c1-2-3-4-5-6-7(10)8(11)12-9/h2,4-5H,1,3,6,9H2. The summed E-state index contributed by atoms with van der Waals surface area (Å²) in [6.45, 7) is 3.48. The molecule has 0 rings (SSSR count). The highest BCUT2D eigenvalue weighted by atomic mass is 16.7. The van der Waals surface area contributed by atoms with Crippen molar-refractivity contribution in [2.45, 2.75) is 12.8 Å². The van der Waals surface area contributed by atoms with E-state index < -0.39 is 11.8 Å². The maximum Gasteiger partial charge on any atom is 0.393 e. The summed E-state index contributed by atoms with van der Waals surface area (Å²) in [6, 6.07) is 0. The minimum absolute atomic E-state index is 0.0177. The molecule has 2 N–H and O–H groups in total. The molecule has 0 aromatic carbocycles. The molecular formula is C8H11NO3. The number of ketones is 1. The van der Waals surface area contributed by atoms with Gasteiger partial charge in [0.15, 0.2) is 0 Å². The predicted octanol–water partition coefficient (Wildman–Crippen LogP) is 0.495. The summed E-state index contributed by atoms with van der Waals surface area (Å²) in [4.78, 5) is 24.9. The summed E-state index contributed by atoms with van der Waals surface area (Å²) >= 11 is 0. The van der Waals surface area contributed by atoms with Gasteiger partial charge in [-0.15, -0.1) is 6.58 Å². The first-order chi connectivity index (χ1) is 5.72. The summed E-state index contributed by atoms with van der Waals surface area (Å²) < 4.78 is 0. The summed E-state index contributed by atoms with van der Waals surface area (Å²) in [5.41, 5.74) is 0. The van der Waals surface area contributed by atoms with E-state index in [1.54, 1.807) is 18.2 Å². The monoisotopic (exact) mass is 169 g/mol. The summed E-state index contributed by atoms with van der Waals surface area (Å²) in [6.07, 6.45) is 5.67. The lowest BCUT2D eigenvalue weighted by Crippen LogP contribution is -2.19. The van der Waals surface area contributed by atoms with E-state index >= 15 is 0 Å². The Morgan fingerprint density at radius 2 is 2.08 bits per heavy atom. The van der Waals surface area contributed by atoms with Crippen molar-refractivity contribution in [3.63, 3.8) is 0 Å². The molecule has 4 heteroatoms. The third-order valence-electron chi connectivity index (χ3n) is 1.11. The van der Waals surface area contributed by atoms with Crippen molar-refractivity contribution < 1.29 is 14.4 Å². The van der Waals surface area contributed by atoms with Crippen LogP contribution in [0, 0.1) is 0 Å². The first kappa shape index (κ1) is 10.6. The Bertz CT molecular complexity index is 208. The largest absolute Gasteiger partial charge is 0.393 e. The van der Waals surface area contributed by atoms with E-state index in [4.69, 9.17) is 0 Å². The van der Waals surface area contributed by atoms with Crippen LogP contribution < -0.4 is 5.90 Å². The Hall–Kier alpha value is -1.42. The Labute approximate surface area is 70.6 Å². The van der Waals surface area contributed by atoms with Gasteiger partial charge in [0, 0.05) is 6.42 Å². The Balaban J connectivity index is 3.70. The van der Waals surface area contributed by atoms with Gasteiger partial charge in [0.2, 0.25) is 5.78 Å². The molecule has 0 atom stereocenters. The van der Waals surface area contributed by atoms with Crippen LogP contribution in [-0.2, 0) is 14.4 Å². The maximum atomic E-state index is 10.7. The normalized spacial score (nSPS) is 9.75. The average Bonchev–Trinajstić information content (AvgIpc) is 2.10. The van der Waals surface area contributed by atoms with Gasteiger partial charge in [0.25, 0.3) is 0 Å². The average molecular weight is 169 g/mol. The molecule has 0 saturated carbocycles. The first-order valence-electron chi connectivity index (χ1n) is 3.42. The number of nitrogens with two attached hydrogens (primary N) is 1. The number of hydrogen-bond donors (Lipinski definition) is 1. The van der Waals surface area contributed by atoms with Crippen molar-refractivity contribution in [2.75, 3.05) is 0 Å². The summed E-state index contributed by atoms with van der Waals surface area (Å²) in [5.74, 6) is 2.82. The van der Waals surface area contributed by atoms with Gasteiger partial charge in [-0.25, -0.2) is 4.79 Å². The Kier molecular flexibility index (Phi) is 5.55. The summed E-state index contributed by atoms with van der Waals surface area (Å²) in [5, 5.41) is 0. The van der Waals surface area contributed by atoms with Gasteiger partial charge < -0.3 is 4.84 Å². The lowest BCUT2D eigenvalue weighted by molar-refractivity contribution is -0.153. The molecule has 66 valence electrons. The number of carbonyl (C=O) groups is 2. The van der Waals surface area contributed by atoms with Crippen LogP contribution in [0.1, 0.15) is 12.8 Å². The van der Waals surface area contributed by atoms with Gasteiger partial charge in [-0.1, -0.05) is 18.2 Å². The molecule has 0 bridgehead atoms. The zero-order chi connectivity index (χ0) is 9.40. The van der Waals surface area contributed by atoms with E-state index in [2.05, 4.69) is 17.3 Å². The molecule has 0 aromatic rings. The predicted molar refractivity (Wildman–Crippen MR) is 43.9 cm³/mol. The van der Waals surface area contributed by atoms with E-state index in [1.807, 2.05) is 0 Å². The van der Waals surface area contributed by atoms with Crippen molar-refractivity contribution in [3.8, 4) is 0 Å². The third-order valence-corrected chi connectivity index (χ3v) is 1.11. The number of rotatable bonds is 5. The number of carbonyl (C=O) groups excluding carboxylic acids is 2. The van der Waals surface area contributed by atoms with Crippen LogP contribution in [-0.4, -0.2) is 11.8 Å². The van der Waals surface area contributed by atoms with Gasteiger partial charge in [-0.2, -0.15) is 5.90 Å². The SMILES string of the molecule is C=CCC=CCC(=O)C(=O)ON. The van der Waals surface area contributed by atoms with Gasteiger partial charge in [-0.3, -0.25) is 4.79 Å². The van der Waals surface area contributed by atoms with Crippen LogP contribution in [0.4, 0.5) is 0 Å². The third kappa shape index (κ3) is 4.40. The highest BCUT2D eigenvalue weighted by Gasteiger charge is 2.11. The van der Waals surface area contributed by atoms with E-state index in [0.717, 1.165) is 0 Å².